The zero-order chi connectivity index (χ0) is 17.6. The summed E-state index contributed by atoms with van der Waals surface area (Å²) in [6, 6.07) is 15.5. The van der Waals surface area contributed by atoms with Crippen molar-refractivity contribution in [2.75, 3.05) is 6.61 Å². The van der Waals surface area contributed by atoms with Crippen LogP contribution in [0.4, 0.5) is 0 Å². The summed E-state index contributed by atoms with van der Waals surface area (Å²) in [5, 5.41) is 3.03. The van der Waals surface area contributed by atoms with Gasteiger partial charge in [0.2, 0.25) is 5.91 Å². The van der Waals surface area contributed by atoms with Crippen LogP contribution in [-0.2, 0) is 22.7 Å². The number of benzene rings is 2. The van der Waals surface area contributed by atoms with Gasteiger partial charge in [0.15, 0.2) is 0 Å². The van der Waals surface area contributed by atoms with Crippen LogP contribution >= 0.6 is 0 Å². The molecule has 0 radical (unpaired) electrons. The summed E-state index contributed by atoms with van der Waals surface area (Å²) in [6.07, 6.45) is 1.72. The summed E-state index contributed by atoms with van der Waals surface area (Å²) in [4.78, 5) is 16.9. The fourth-order valence-electron chi connectivity index (χ4n) is 2.83. The van der Waals surface area contributed by atoms with Gasteiger partial charge in [-0.1, -0.05) is 36.4 Å². The molecule has 1 heterocycles. The molecule has 0 fully saturated rings. The Morgan fingerprint density at radius 1 is 1.16 bits per heavy atom. The summed E-state index contributed by atoms with van der Waals surface area (Å²) >= 11 is 0. The Hall–Kier alpha value is -2.66. The van der Waals surface area contributed by atoms with Crippen molar-refractivity contribution in [3.8, 4) is 0 Å². The first-order valence-electron chi connectivity index (χ1n) is 8.54. The van der Waals surface area contributed by atoms with E-state index in [1.165, 1.54) is 0 Å². The molecule has 0 spiro atoms. The van der Waals surface area contributed by atoms with Crippen LogP contribution in [0.5, 0.6) is 0 Å². The first-order valence-corrected chi connectivity index (χ1v) is 8.54. The molecule has 1 atom stereocenters. The number of carbonyl (C=O) groups is 1. The molecule has 0 saturated heterocycles. The molecule has 0 aliphatic heterocycles. The number of imidazole rings is 1. The number of para-hydroxylation sites is 2. The number of fused-ring (bicyclic) bond motifs is 1. The van der Waals surface area contributed by atoms with Crippen molar-refractivity contribution in [3.63, 3.8) is 0 Å². The lowest BCUT2D eigenvalue weighted by Crippen LogP contribution is -2.30. The molecule has 0 bridgehead atoms. The van der Waals surface area contributed by atoms with E-state index in [9.17, 15) is 4.79 Å². The highest BCUT2D eigenvalue weighted by atomic mass is 16.5. The van der Waals surface area contributed by atoms with Crippen molar-refractivity contribution in [1.29, 1.82) is 0 Å². The van der Waals surface area contributed by atoms with Crippen LogP contribution in [0, 0.1) is 0 Å². The van der Waals surface area contributed by atoms with Crippen LogP contribution in [0.25, 0.3) is 11.0 Å². The fourth-order valence-corrected chi connectivity index (χ4v) is 2.83. The van der Waals surface area contributed by atoms with Gasteiger partial charge in [-0.2, -0.15) is 0 Å². The number of ether oxygens (including phenoxy) is 1. The predicted molar refractivity (Wildman–Crippen MR) is 98.1 cm³/mol. The monoisotopic (exact) mass is 337 g/mol. The van der Waals surface area contributed by atoms with E-state index in [0.29, 0.717) is 19.8 Å². The lowest BCUT2D eigenvalue weighted by atomic mass is 10.1. The lowest BCUT2D eigenvalue weighted by Gasteiger charge is -2.16. The van der Waals surface area contributed by atoms with Gasteiger partial charge >= 0.3 is 0 Å². The first-order chi connectivity index (χ1) is 12.2. The minimum absolute atomic E-state index is 0.0330. The molecule has 1 aromatic heterocycles. The van der Waals surface area contributed by atoms with E-state index in [1.54, 1.807) is 6.33 Å². The van der Waals surface area contributed by atoms with Crippen LogP contribution in [-0.4, -0.2) is 22.1 Å². The Morgan fingerprint density at radius 2 is 1.88 bits per heavy atom. The maximum Gasteiger partial charge on any atom is 0.243 e. The number of hydrogen-bond donors (Lipinski definition) is 1. The number of hydrogen-bond acceptors (Lipinski definition) is 3. The van der Waals surface area contributed by atoms with Crippen LogP contribution in [0.2, 0.25) is 0 Å². The Bertz CT molecular complexity index is 857. The predicted octanol–water partition coefficient (Wildman–Crippen LogP) is 3.45. The Kier molecular flexibility index (Phi) is 5.46. The van der Waals surface area contributed by atoms with E-state index < -0.39 is 0 Å². The highest BCUT2D eigenvalue weighted by Gasteiger charge is 2.17. The summed E-state index contributed by atoms with van der Waals surface area (Å²) in [6.45, 7) is 5.58. The third kappa shape index (κ3) is 3.88. The second-order valence-corrected chi connectivity index (χ2v) is 5.94. The average molecular weight is 337 g/mol. The summed E-state index contributed by atoms with van der Waals surface area (Å²) in [5.74, 6) is -0.0330. The van der Waals surface area contributed by atoms with E-state index in [2.05, 4.69) is 10.3 Å². The Labute approximate surface area is 147 Å². The van der Waals surface area contributed by atoms with E-state index in [1.807, 2.05) is 66.9 Å². The van der Waals surface area contributed by atoms with Gasteiger partial charge in [-0.25, -0.2) is 4.98 Å². The van der Waals surface area contributed by atoms with Gasteiger partial charge in [-0.05, 0) is 37.1 Å². The number of nitrogens with one attached hydrogen (secondary N) is 1. The van der Waals surface area contributed by atoms with Crippen LogP contribution in [0.15, 0.2) is 54.9 Å². The average Bonchev–Trinajstić information content (AvgIpc) is 3.08. The van der Waals surface area contributed by atoms with Crippen molar-refractivity contribution in [2.24, 2.45) is 0 Å². The second kappa shape index (κ2) is 7.94. The zero-order valence-electron chi connectivity index (χ0n) is 14.6. The lowest BCUT2D eigenvalue weighted by molar-refractivity contribution is -0.123. The van der Waals surface area contributed by atoms with Crippen LogP contribution < -0.4 is 5.32 Å². The third-order valence-corrected chi connectivity index (χ3v) is 4.31. The number of rotatable bonds is 7. The van der Waals surface area contributed by atoms with Gasteiger partial charge in [0.1, 0.15) is 6.04 Å². The normalized spacial score (nSPS) is 12.2. The van der Waals surface area contributed by atoms with Crippen molar-refractivity contribution in [1.82, 2.24) is 14.9 Å². The molecular formula is C20H23N3O2. The molecule has 5 nitrogen and oxygen atoms in total. The number of amides is 1. The van der Waals surface area contributed by atoms with Gasteiger partial charge < -0.3 is 14.6 Å². The molecule has 0 saturated carbocycles. The van der Waals surface area contributed by atoms with Crippen molar-refractivity contribution >= 4 is 16.9 Å². The van der Waals surface area contributed by atoms with E-state index >= 15 is 0 Å². The fraction of sp³-hybridized carbons (Fsp3) is 0.300. The van der Waals surface area contributed by atoms with E-state index in [4.69, 9.17) is 4.74 Å². The molecule has 130 valence electrons. The quantitative estimate of drug-likeness (QED) is 0.718. The summed E-state index contributed by atoms with van der Waals surface area (Å²) in [7, 11) is 0. The topological polar surface area (TPSA) is 56.1 Å². The molecular weight excluding hydrogens is 314 g/mol. The minimum Gasteiger partial charge on any atom is -0.377 e. The highest BCUT2D eigenvalue weighted by Crippen LogP contribution is 2.18. The maximum absolute atomic E-state index is 12.6. The van der Waals surface area contributed by atoms with Crippen LogP contribution in [0.3, 0.4) is 0 Å². The molecule has 2 aromatic carbocycles. The van der Waals surface area contributed by atoms with Crippen molar-refractivity contribution in [3.05, 3.63) is 66.0 Å². The third-order valence-electron chi connectivity index (χ3n) is 4.31. The maximum atomic E-state index is 12.6. The molecule has 3 rings (SSSR count). The van der Waals surface area contributed by atoms with Gasteiger partial charge in [0.25, 0.3) is 0 Å². The zero-order valence-corrected chi connectivity index (χ0v) is 14.6. The highest BCUT2D eigenvalue weighted by molar-refractivity contribution is 5.83. The number of carbonyl (C=O) groups excluding carboxylic acids is 1. The number of nitrogens with zero attached hydrogens (tertiary/aromatic N) is 2. The van der Waals surface area contributed by atoms with Gasteiger partial charge in [-0.15, -0.1) is 0 Å². The van der Waals surface area contributed by atoms with E-state index in [-0.39, 0.29) is 11.9 Å². The van der Waals surface area contributed by atoms with Crippen molar-refractivity contribution < 1.29 is 9.53 Å². The summed E-state index contributed by atoms with van der Waals surface area (Å²) in [5.41, 5.74) is 4.03. The molecule has 0 unspecified atom stereocenters. The second-order valence-electron chi connectivity index (χ2n) is 5.94. The Morgan fingerprint density at radius 3 is 2.68 bits per heavy atom. The van der Waals surface area contributed by atoms with Crippen molar-refractivity contribution in [2.45, 2.75) is 33.0 Å². The first kappa shape index (κ1) is 17.2. The number of aromatic nitrogens is 2. The minimum atomic E-state index is -0.327. The summed E-state index contributed by atoms with van der Waals surface area (Å²) < 4.78 is 7.40. The standard InChI is InChI=1S/C20H23N3O2/c1-3-25-13-17-9-5-4-8-16(17)12-21-20(24)15(2)23-14-22-18-10-6-7-11-19(18)23/h4-11,14-15H,3,12-13H2,1-2H3,(H,21,24)/t15-/m1/s1. The molecule has 3 aromatic rings. The smallest absolute Gasteiger partial charge is 0.243 e. The molecule has 1 amide bonds. The molecule has 0 aliphatic carbocycles. The van der Waals surface area contributed by atoms with Crippen LogP contribution in [0.1, 0.15) is 31.0 Å². The molecule has 1 N–H and O–H groups in total. The molecule has 0 aliphatic rings. The largest absolute Gasteiger partial charge is 0.377 e. The van der Waals surface area contributed by atoms with Gasteiger partial charge in [-0.3, -0.25) is 4.79 Å². The van der Waals surface area contributed by atoms with Gasteiger partial charge in [0, 0.05) is 13.2 Å². The Balaban J connectivity index is 1.68. The SMILES string of the molecule is CCOCc1ccccc1CNC(=O)[C@@H](C)n1cnc2ccccc21. The van der Waals surface area contributed by atoms with Gasteiger partial charge in [0.05, 0.1) is 24.0 Å². The molecule has 5 heteroatoms. The molecule has 25 heavy (non-hydrogen) atoms. The van der Waals surface area contributed by atoms with E-state index in [0.717, 1.165) is 22.2 Å².